The smallest absolute Gasteiger partial charge is 0.247 e. The standard InChI is InChI=1S/C15H23N3O3/c1-10(2)7-16-13(19)17(8-11(3)4)15(21)18(14(16)20)9-12(5)6/h12H,1,3,7-9H2,2,4-6H3. The van der Waals surface area contributed by atoms with E-state index in [9.17, 15) is 14.4 Å². The zero-order valence-electron chi connectivity index (χ0n) is 13.2. The number of nitrogens with zero attached hydrogens (tertiary/aromatic N) is 3. The van der Waals surface area contributed by atoms with Crippen molar-refractivity contribution in [2.24, 2.45) is 5.92 Å². The Hall–Kier alpha value is -2.11. The van der Waals surface area contributed by atoms with Gasteiger partial charge in [-0.15, -0.1) is 0 Å². The minimum atomic E-state index is -0.615. The highest BCUT2D eigenvalue weighted by atomic mass is 16.2. The Morgan fingerprint density at radius 2 is 1.19 bits per heavy atom. The molecule has 6 nitrogen and oxygen atoms in total. The maximum Gasteiger partial charge on any atom is 0.336 e. The van der Waals surface area contributed by atoms with Crippen LogP contribution < -0.4 is 17.1 Å². The third kappa shape index (κ3) is 3.93. The van der Waals surface area contributed by atoms with Crippen molar-refractivity contribution in [2.75, 3.05) is 0 Å². The predicted octanol–water partition coefficient (Wildman–Crippen LogP) is 0.980. The van der Waals surface area contributed by atoms with Gasteiger partial charge in [-0.3, -0.25) is 0 Å². The second-order valence-corrected chi connectivity index (χ2v) is 5.94. The molecule has 0 saturated heterocycles. The summed E-state index contributed by atoms with van der Waals surface area (Å²) in [5.41, 5.74) is -0.438. The molecule has 1 aromatic heterocycles. The van der Waals surface area contributed by atoms with Crippen LogP contribution in [0.2, 0.25) is 0 Å². The van der Waals surface area contributed by atoms with Gasteiger partial charge in [0.1, 0.15) is 0 Å². The van der Waals surface area contributed by atoms with E-state index in [4.69, 9.17) is 0 Å². The van der Waals surface area contributed by atoms with Gasteiger partial charge in [0.2, 0.25) is 0 Å². The van der Waals surface area contributed by atoms with Gasteiger partial charge in [0.15, 0.2) is 0 Å². The summed E-state index contributed by atoms with van der Waals surface area (Å²) < 4.78 is 3.21. The lowest BCUT2D eigenvalue weighted by atomic mass is 10.2. The van der Waals surface area contributed by atoms with Gasteiger partial charge >= 0.3 is 17.1 Å². The van der Waals surface area contributed by atoms with Crippen LogP contribution >= 0.6 is 0 Å². The molecular weight excluding hydrogens is 270 g/mol. The van der Waals surface area contributed by atoms with Gasteiger partial charge in [-0.05, 0) is 19.8 Å². The van der Waals surface area contributed by atoms with Crippen molar-refractivity contribution in [3.63, 3.8) is 0 Å². The second kappa shape index (κ2) is 6.56. The molecule has 1 aromatic rings. The van der Waals surface area contributed by atoms with Gasteiger partial charge in [-0.25, -0.2) is 28.1 Å². The SMILES string of the molecule is C=C(C)Cn1c(=O)n(CC(=C)C)c(=O)n(CC(C)C)c1=O. The molecule has 0 spiro atoms. The van der Waals surface area contributed by atoms with Crippen molar-refractivity contribution < 1.29 is 0 Å². The summed E-state index contributed by atoms with van der Waals surface area (Å²) in [5.74, 6) is 0.115. The lowest BCUT2D eigenvalue weighted by Crippen LogP contribution is -2.55. The molecule has 0 N–H and O–H groups in total. The topological polar surface area (TPSA) is 66.0 Å². The maximum absolute atomic E-state index is 12.4. The van der Waals surface area contributed by atoms with Crippen LogP contribution in [0.1, 0.15) is 27.7 Å². The zero-order chi connectivity index (χ0) is 16.3. The molecule has 0 radical (unpaired) electrons. The Labute approximate surface area is 123 Å². The summed E-state index contributed by atoms with van der Waals surface area (Å²) >= 11 is 0. The molecule has 0 unspecified atom stereocenters. The molecule has 116 valence electrons. The highest BCUT2D eigenvalue weighted by molar-refractivity contribution is 4.94. The van der Waals surface area contributed by atoms with Crippen LogP contribution in [-0.4, -0.2) is 13.7 Å². The summed E-state index contributed by atoms with van der Waals surface area (Å²) in [5, 5.41) is 0. The number of rotatable bonds is 6. The van der Waals surface area contributed by atoms with E-state index >= 15 is 0 Å². The average molecular weight is 293 g/mol. The molecule has 0 atom stereocenters. The normalized spacial score (nSPS) is 10.9. The second-order valence-electron chi connectivity index (χ2n) is 5.94. The number of allylic oxidation sites excluding steroid dienone is 2. The summed E-state index contributed by atoms with van der Waals surface area (Å²) in [6.45, 7) is 15.2. The lowest BCUT2D eigenvalue weighted by molar-refractivity contribution is 0.422. The van der Waals surface area contributed by atoms with Crippen molar-refractivity contribution >= 4 is 0 Å². The molecule has 0 aromatic carbocycles. The molecule has 0 saturated carbocycles. The molecule has 6 heteroatoms. The molecular formula is C15H23N3O3. The fourth-order valence-corrected chi connectivity index (χ4v) is 2.01. The Kier molecular flexibility index (Phi) is 5.29. The van der Waals surface area contributed by atoms with E-state index in [-0.39, 0.29) is 25.6 Å². The van der Waals surface area contributed by atoms with Crippen LogP contribution in [0.4, 0.5) is 0 Å². The van der Waals surface area contributed by atoms with Gasteiger partial charge in [0.05, 0.1) is 13.1 Å². The maximum atomic E-state index is 12.4. The van der Waals surface area contributed by atoms with Gasteiger partial charge in [0.25, 0.3) is 0 Å². The first-order chi connectivity index (χ1) is 9.65. The molecule has 0 fully saturated rings. The third-order valence-electron chi connectivity index (χ3n) is 2.79. The van der Waals surface area contributed by atoms with E-state index in [0.717, 1.165) is 13.7 Å². The Bertz CT molecular complexity index is 678. The molecule has 1 heterocycles. The van der Waals surface area contributed by atoms with E-state index < -0.39 is 17.1 Å². The molecule has 21 heavy (non-hydrogen) atoms. The van der Waals surface area contributed by atoms with Crippen molar-refractivity contribution in [1.82, 2.24) is 13.7 Å². The number of aromatic nitrogens is 3. The summed E-state index contributed by atoms with van der Waals surface area (Å²) in [4.78, 5) is 37.1. The molecule has 0 aliphatic rings. The van der Waals surface area contributed by atoms with Crippen molar-refractivity contribution in [3.05, 3.63) is 55.8 Å². The monoisotopic (exact) mass is 293 g/mol. The van der Waals surface area contributed by atoms with E-state index in [2.05, 4.69) is 13.2 Å². The largest absolute Gasteiger partial charge is 0.336 e. The molecule has 1 rings (SSSR count). The quantitative estimate of drug-likeness (QED) is 0.734. The first kappa shape index (κ1) is 16.9. The van der Waals surface area contributed by atoms with Gasteiger partial charge in [-0.2, -0.15) is 0 Å². The molecule has 0 aliphatic heterocycles. The Morgan fingerprint density at radius 3 is 1.48 bits per heavy atom. The summed E-state index contributed by atoms with van der Waals surface area (Å²) in [6, 6.07) is 0. The highest BCUT2D eigenvalue weighted by Crippen LogP contribution is 1.95. The molecule has 0 bridgehead atoms. The van der Waals surface area contributed by atoms with Gasteiger partial charge < -0.3 is 0 Å². The first-order valence-electron chi connectivity index (χ1n) is 6.88. The van der Waals surface area contributed by atoms with Crippen LogP contribution in [0.5, 0.6) is 0 Å². The van der Waals surface area contributed by atoms with Crippen LogP contribution in [0.15, 0.2) is 38.7 Å². The zero-order valence-corrected chi connectivity index (χ0v) is 13.2. The van der Waals surface area contributed by atoms with Crippen molar-refractivity contribution in [2.45, 2.75) is 47.3 Å². The fraction of sp³-hybridized carbons (Fsp3) is 0.533. The minimum Gasteiger partial charge on any atom is -0.247 e. The van der Waals surface area contributed by atoms with Crippen molar-refractivity contribution in [3.8, 4) is 0 Å². The van der Waals surface area contributed by atoms with Crippen LogP contribution in [0.3, 0.4) is 0 Å². The van der Waals surface area contributed by atoms with Crippen LogP contribution in [0.25, 0.3) is 0 Å². The predicted molar refractivity (Wildman–Crippen MR) is 83.7 cm³/mol. The summed E-state index contributed by atoms with van der Waals surface area (Å²) in [6.07, 6.45) is 0. The number of hydrogen-bond donors (Lipinski definition) is 0. The van der Waals surface area contributed by atoms with Crippen LogP contribution in [0, 0.1) is 5.92 Å². The highest BCUT2D eigenvalue weighted by Gasteiger charge is 2.16. The molecule has 0 amide bonds. The Balaban J connectivity index is 3.70. The first-order valence-corrected chi connectivity index (χ1v) is 6.88. The van der Waals surface area contributed by atoms with E-state index in [1.54, 1.807) is 13.8 Å². The van der Waals surface area contributed by atoms with Crippen molar-refractivity contribution in [1.29, 1.82) is 0 Å². The van der Waals surface area contributed by atoms with E-state index in [1.165, 1.54) is 0 Å². The van der Waals surface area contributed by atoms with Gasteiger partial charge in [0, 0.05) is 6.54 Å². The number of hydrogen-bond acceptors (Lipinski definition) is 3. The lowest BCUT2D eigenvalue weighted by Gasteiger charge is -2.15. The van der Waals surface area contributed by atoms with E-state index in [0.29, 0.717) is 11.1 Å². The van der Waals surface area contributed by atoms with E-state index in [1.807, 2.05) is 13.8 Å². The van der Waals surface area contributed by atoms with Crippen LogP contribution in [-0.2, 0) is 19.6 Å². The third-order valence-corrected chi connectivity index (χ3v) is 2.79. The minimum absolute atomic E-state index is 0.103. The average Bonchev–Trinajstić information content (AvgIpc) is 2.35. The fourth-order valence-electron chi connectivity index (χ4n) is 2.01. The summed E-state index contributed by atoms with van der Waals surface area (Å²) in [7, 11) is 0. The Morgan fingerprint density at radius 1 is 0.857 bits per heavy atom. The van der Waals surface area contributed by atoms with Gasteiger partial charge in [-0.1, -0.05) is 38.2 Å². The molecule has 0 aliphatic carbocycles.